The lowest BCUT2D eigenvalue weighted by atomic mass is 10.2. The van der Waals surface area contributed by atoms with Crippen LogP contribution in [0.5, 0.6) is 5.88 Å². The van der Waals surface area contributed by atoms with E-state index < -0.39 is 5.97 Å². The van der Waals surface area contributed by atoms with Crippen LogP contribution in [-0.4, -0.2) is 25.8 Å². The molecule has 6 nitrogen and oxygen atoms in total. The maximum Gasteiger partial charge on any atom is 0.335 e. The number of carboxylic acid groups (broad SMARTS) is 1. The van der Waals surface area contributed by atoms with E-state index in [0.29, 0.717) is 23.3 Å². The smallest absolute Gasteiger partial charge is 0.335 e. The van der Waals surface area contributed by atoms with Crippen LogP contribution in [-0.2, 0) is 6.61 Å². The zero-order chi connectivity index (χ0) is 18.2. The number of nitrogens with zero attached hydrogens (tertiary/aromatic N) is 3. The summed E-state index contributed by atoms with van der Waals surface area (Å²) < 4.78 is 7.17. The summed E-state index contributed by atoms with van der Waals surface area (Å²) in [4.78, 5) is 15.2. The first-order valence-corrected chi connectivity index (χ1v) is 8.12. The van der Waals surface area contributed by atoms with Gasteiger partial charge in [-0.2, -0.15) is 9.78 Å². The van der Waals surface area contributed by atoms with Gasteiger partial charge in [0.1, 0.15) is 6.61 Å². The highest BCUT2D eigenvalue weighted by molar-refractivity contribution is 6.30. The van der Waals surface area contributed by atoms with Gasteiger partial charge in [0.15, 0.2) is 5.82 Å². The lowest BCUT2D eigenvalue weighted by Crippen LogP contribution is -2.06. The van der Waals surface area contributed by atoms with E-state index >= 15 is 0 Å². The predicted octanol–water partition coefficient (Wildman–Crippen LogP) is 4.22. The molecule has 3 rings (SSSR count). The van der Waals surface area contributed by atoms with Gasteiger partial charge in [-0.25, -0.2) is 9.78 Å². The van der Waals surface area contributed by atoms with Gasteiger partial charge in [-0.05, 0) is 29.8 Å². The number of carboxylic acids is 1. The van der Waals surface area contributed by atoms with Crippen molar-refractivity contribution >= 4 is 17.6 Å². The van der Waals surface area contributed by atoms with Crippen LogP contribution < -0.4 is 4.74 Å². The molecule has 0 aliphatic carbocycles. The van der Waals surface area contributed by atoms with Gasteiger partial charge in [0, 0.05) is 17.3 Å². The standard InChI is InChI=1S/C16H12ClN3O3.C2H6/c17-13-3-1-11(2-4-13)10-23-15-6-8-19-20(15)14-9-12(16(21)22)5-7-18-14;1-2/h1-9H,10H2,(H,21,22);1-2H3. The second-order valence-electron chi connectivity index (χ2n) is 4.70. The maximum atomic E-state index is 11.0. The van der Waals surface area contributed by atoms with E-state index in [1.54, 1.807) is 24.4 Å². The molecule has 25 heavy (non-hydrogen) atoms. The van der Waals surface area contributed by atoms with Crippen LogP contribution in [0, 0.1) is 0 Å². The molecule has 130 valence electrons. The van der Waals surface area contributed by atoms with Crippen molar-refractivity contribution in [1.82, 2.24) is 14.8 Å². The maximum absolute atomic E-state index is 11.0. The van der Waals surface area contributed by atoms with Crippen molar-refractivity contribution in [3.05, 3.63) is 71.0 Å². The summed E-state index contributed by atoms with van der Waals surface area (Å²) in [6, 6.07) is 11.8. The summed E-state index contributed by atoms with van der Waals surface area (Å²) in [6.45, 7) is 4.33. The molecule has 1 N–H and O–H groups in total. The lowest BCUT2D eigenvalue weighted by molar-refractivity contribution is 0.0696. The van der Waals surface area contributed by atoms with E-state index in [9.17, 15) is 4.79 Å². The van der Waals surface area contributed by atoms with Crippen molar-refractivity contribution in [2.24, 2.45) is 0 Å². The van der Waals surface area contributed by atoms with Gasteiger partial charge in [0.2, 0.25) is 5.88 Å². The molecule has 0 radical (unpaired) electrons. The highest BCUT2D eigenvalue weighted by Gasteiger charge is 2.10. The first-order chi connectivity index (χ1) is 12.1. The van der Waals surface area contributed by atoms with Crippen LogP contribution in [0.3, 0.4) is 0 Å². The van der Waals surface area contributed by atoms with Crippen LogP contribution in [0.1, 0.15) is 29.8 Å². The molecule has 0 spiro atoms. The molecule has 0 unspecified atom stereocenters. The minimum absolute atomic E-state index is 0.133. The highest BCUT2D eigenvalue weighted by Crippen LogP contribution is 2.18. The fourth-order valence-electron chi connectivity index (χ4n) is 1.98. The van der Waals surface area contributed by atoms with Crippen LogP contribution in [0.25, 0.3) is 5.82 Å². The normalized spacial score (nSPS) is 9.88. The van der Waals surface area contributed by atoms with Crippen LogP contribution >= 0.6 is 11.6 Å². The third-order valence-electron chi connectivity index (χ3n) is 3.12. The number of ether oxygens (including phenoxy) is 1. The third kappa shape index (κ3) is 4.81. The number of aromatic nitrogens is 3. The number of rotatable bonds is 5. The Morgan fingerprint density at radius 3 is 2.56 bits per heavy atom. The van der Waals surface area contributed by atoms with E-state index in [1.165, 1.54) is 23.0 Å². The average Bonchev–Trinajstić information content (AvgIpc) is 3.12. The van der Waals surface area contributed by atoms with E-state index in [1.807, 2.05) is 26.0 Å². The second kappa shape index (κ2) is 8.84. The third-order valence-corrected chi connectivity index (χ3v) is 3.37. The summed E-state index contributed by atoms with van der Waals surface area (Å²) in [6.07, 6.45) is 2.98. The van der Waals surface area contributed by atoms with Crippen molar-refractivity contribution in [3.63, 3.8) is 0 Å². The Bertz CT molecular complexity index is 832. The first kappa shape index (κ1) is 18.5. The van der Waals surface area contributed by atoms with E-state index in [4.69, 9.17) is 21.4 Å². The Morgan fingerprint density at radius 1 is 1.16 bits per heavy atom. The summed E-state index contributed by atoms with van der Waals surface area (Å²) in [5, 5.41) is 13.8. The monoisotopic (exact) mass is 359 g/mol. The zero-order valence-corrected chi connectivity index (χ0v) is 14.6. The number of benzene rings is 1. The van der Waals surface area contributed by atoms with Gasteiger partial charge in [-0.15, -0.1) is 0 Å². The van der Waals surface area contributed by atoms with Crippen LogP contribution in [0.2, 0.25) is 5.02 Å². The topological polar surface area (TPSA) is 77.2 Å². The molecule has 0 aliphatic rings. The largest absolute Gasteiger partial charge is 0.478 e. The molecule has 0 amide bonds. The molecule has 0 saturated heterocycles. The van der Waals surface area contributed by atoms with Gasteiger partial charge in [-0.1, -0.05) is 37.6 Å². The molecule has 7 heteroatoms. The number of pyridine rings is 1. The van der Waals surface area contributed by atoms with Crippen molar-refractivity contribution in [2.45, 2.75) is 20.5 Å². The van der Waals surface area contributed by atoms with Gasteiger partial charge in [0.25, 0.3) is 0 Å². The average molecular weight is 360 g/mol. The quantitative estimate of drug-likeness (QED) is 0.737. The summed E-state index contributed by atoms with van der Waals surface area (Å²) in [5.41, 5.74) is 1.09. The summed E-state index contributed by atoms with van der Waals surface area (Å²) in [5.74, 6) is -0.180. The lowest BCUT2D eigenvalue weighted by Gasteiger charge is -2.09. The Morgan fingerprint density at radius 2 is 1.88 bits per heavy atom. The van der Waals surface area contributed by atoms with Crippen LogP contribution in [0.4, 0.5) is 0 Å². The molecular weight excluding hydrogens is 342 g/mol. The van der Waals surface area contributed by atoms with E-state index in [0.717, 1.165) is 5.56 Å². The van der Waals surface area contributed by atoms with Gasteiger partial charge >= 0.3 is 5.97 Å². The van der Waals surface area contributed by atoms with Crippen molar-refractivity contribution in [3.8, 4) is 11.7 Å². The molecule has 2 heterocycles. The Labute approximate surface area is 150 Å². The molecular formula is C18H18ClN3O3. The number of aromatic carboxylic acids is 1. The fraction of sp³-hybridized carbons (Fsp3) is 0.167. The Kier molecular flexibility index (Phi) is 6.54. The number of halogens is 1. The van der Waals surface area contributed by atoms with E-state index in [2.05, 4.69) is 10.1 Å². The van der Waals surface area contributed by atoms with Crippen molar-refractivity contribution in [1.29, 1.82) is 0 Å². The summed E-state index contributed by atoms with van der Waals surface area (Å²) in [7, 11) is 0. The SMILES string of the molecule is CC.O=C(O)c1ccnc(-n2nccc2OCc2ccc(Cl)cc2)c1. The predicted molar refractivity (Wildman–Crippen MR) is 95.5 cm³/mol. The number of hydrogen-bond acceptors (Lipinski definition) is 4. The molecule has 1 aromatic carbocycles. The van der Waals surface area contributed by atoms with Gasteiger partial charge < -0.3 is 9.84 Å². The molecule has 0 bridgehead atoms. The second-order valence-corrected chi connectivity index (χ2v) is 5.14. The van der Waals surface area contributed by atoms with Crippen molar-refractivity contribution in [2.75, 3.05) is 0 Å². The Hall–Kier alpha value is -2.86. The molecule has 0 fully saturated rings. The van der Waals surface area contributed by atoms with Gasteiger partial charge in [0.05, 0.1) is 11.8 Å². The highest BCUT2D eigenvalue weighted by atomic mass is 35.5. The first-order valence-electron chi connectivity index (χ1n) is 7.74. The number of carbonyl (C=O) groups is 1. The molecule has 2 aromatic heterocycles. The van der Waals surface area contributed by atoms with E-state index in [-0.39, 0.29) is 5.56 Å². The molecule has 0 atom stereocenters. The molecule has 0 aliphatic heterocycles. The minimum atomic E-state index is -1.02. The molecule has 0 saturated carbocycles. The Balaban J connectivity index is 0.00000109. The fourth-order valence-corrected chi connectivity index (χ4v) is 2.10. The zero-order valence-electron chi connectivity index (χ0n) is 13.9. The van der Waals surface area contributed by atoms with Gasteiger partial charge in [-0.3, -0.25) is 0 Å². The van der Waals surface area contributed by atoms with Crippen LogP contribution in [0.15, 0.2) is 54.9 Å². The summed E-state index contributed by atoms with van der Waals surface area (Å²) >= 11 is 5.85. The van der Waals surface area contributed by atoms with Crippen molar-refractivity contribution < 1.29 is 14.6 Å². The molecule has 3 aromatic rings. The number of hydrogen-bond donors (Lipinski definition) is 1. The minimum Gasteiger partial charge on any atom is -0.478 e.